The summed E-state index contributed by atoms with van der Waals surface area (Å²) in [5.41, 5.74) is 0.492. The van der Waals surface area contributed by atoms with Crippen molar-refractivity contribution in [2.24, 2.45) is 0 Å². The van der Waals surface area contributed by atoms with Crippen LogP contribution in [0.2, 0.25) is 15.1 Å². The Morgan fingerprint density at radius 1 is 0.704 bits per heavy atom. The van der Waals surface area contributed by atoms with Gasteiger partial charge in [-0.15, -0.1) is 0 Å². The van der Waals surface area contributed by atoms with Gasteiger partial charge in [-0.05, 0) is 29.0 Å². The largest absolute Gasteiger partial charge is 0.278 e. The molecule has 0 aliphatic heterocycles. The first kappa shape index (κ1) is 18.4. The van der Waals surface area contributed by atoms with Crippen LogP contribution in [0.25, 0.3) is 21.5 Å². The van der Waals surface area contributed by atoms with Crippen molar-refractivity contribution in [3.63, 3.8) is 0 Å². The molecule has 4 aromatic carbocycles. The zero-order valence-electron chi connectivity index (χ0n) is 13.7. The molecule has 0 fully saturated rings. The van der Waals surface area contributed by atoms with Gasteiger partial charge in [0.05, 0.1) is 20.8 Å². The van der Waals surface area contributed by atoms with E-state index in [2.05, 4.69) is 4.72 Å². The Kier molecular flexibility index (Phi) is 4.68. The number of nitrogens with one attached hydrogen (secondary N) is 1. The van der Waals surface area contributed by atoms with Crippen LogP contribution >= 0.6 is 34.8 Å². The molecule has 0 heterocycles. The molecule has 7 heteroatoms. The molecule has 0 spiro atoms. The van der Waals surface area contributed by atoms with E-state index in [1.807, 2.05) is 54.6 Å². The van der Waals surface area contributed by atoms with Crippen LogP contribution in [-0.4, -0.2) is 8.42 Å². The van der Waals surface area contributed by atoms with Gasteiger partial charge in [0.2, 0.25) is 0 Å². The van der Waals surface area contributed by atoms with E-state index in [0.717, 1.165) is 21.5 Å². The number of benzene rings is 4. The Balaban J connectivity index is 1.96. The fourth-order valence-electron chi connectivity index (χ4n) is 3.03. The molecule has 4 aromatic rings. The van der Waals surface area contributed by atoms with E-state index in [4.69, 9.17) is 34.8 Å². The lowest BCUT2D eigenvalue weighted by atomic mass is 10.0. The molecule has 0 atom stereocenters. The van der Waals surface area contributed by atoms with Crippen LogP contribution in [-0.2, 0) is 10.0 Å². The summed E-state index contributed by atoms with van der Waals surface area (Å²) in [5, 5.41) is 3.51. The molecule has 0 bridgehead atoms. The lowest BCUT2D eigenvalue weighted by molar-refractivity contribution is 0.601. The first-order valence-electron chi connectivity index (χ1n) is 7.95. The minimum atomic E-state index is -3.99. The minimum Gasteiger partial charge on any atom is -0.278 e. The number of hydrogen-bond acceptors (Lipinski definition) is 2. The van der Waals surface area contributed by atoms with Crippen molar-refractivity contribution in [2.75, 3.05) is 4.72 Å². The van der Waals surface area contributed by atoms with Gasteiger partial charge >= 0.3 is 0 Å². The highest BCUT2D eigenvalue weighted by molar-refractivity contribution is 7.92. The van der Waals surface area contributed by atoms with Crippen LogP contribution in [0.1, 0.15) is 0 Å². The molecule has 0 saturated carbocycles. The third-order valence-corrected chi connectivity index (χ3v) is 7.09. The van der Waals surface area contributed by atoms with E-state index in [1.165, 1.54) is 12.1 Å². The number of anilines is 1. The topological polar surface area (TPSA) is 46.2 Å². The number of sulfonamides is 1. The molecular formula is C20H12Cl3NO2S. The zero-order valence-corrected chi connectivity index (χ0v) is 16.8. The third-order valence-electron chi connectivity index (χ3n) is 4.30. The fraction of sp³-hybridized carbons (Fsp3) is 0. The summed E-state index contributed by atoms with van der Waals surface area (Å²) in [7, 11) is -3.99. The van der Waals surface area contributed by atoms with Crippen molar-refractivity contribution in [2.45, 2.75) is 4.90 Å². The number of halogens is 3. The average molecular weight is 437 g/mol. The third kappa shape index (κ3) is 3.23. The molecule has 0 unspecified atom stereocenters. The van der Waals surface area contributed by atoms with Crippen molar-refractivity contribution in [1.82, 2.24) is 0 Å². The van der Waals surface area contributed by atoms with E-state index < -0.39 is 10.0 Å². The number of fused-ring (bicyclic) bond motifs is 2. The van der Waals surface area contributed by atoms with Gasteiger partial charge in [-0.2, -0.15) is 0 Å². The summed E-state index contributed by atoms with van der Waals surface area (Å²) >= 11 is 18.1. The van der Waals surface area contributed by atoms with Crippen LogP contribution < -0.4 is 4.72 Å². The van der Waals surface area contributed by atoms with Crippen LogP contribution in [0.4, 0.5) is 5.69 Å². The Morgan fingerprint density at radius 3 is 1.85 bits per heavy atom. The lowest BCUT2D eigenvalue weighted by Crippen LogP contribution is -2.14. The van der Waals surface area contributed by atoms with E-state index in [1.54, 1.807) is 0 Å². The van der Waals surface area contributed by atoms with Crippen LogP contribution in [0.3, 0.4) is 0 Å². The molecule has 0 radical (unpaired) electrons. The second-order valence-electron chi connectivity index (χ2n) is 5.97. The summed E-state index contributed by atoms with van der Waals surface area (Å²) in [6, 6.07) is 19.9. The number of hydrogen-bond donors (Lipinski definition) is 1. The normalized spacial score (nSPS) is 11.8. The van der Waals surface area contributed by atoms with Crippen LogP contribution in [0, 0.1) is 0 Å². The second-order valence-corrected chi connectivity index (χ2v) is 8.79. The molecule has 0 aliphatic carbocycles. The van der Waals surface area contributed by atoms with Crippen molar-refractivity contribution < 1.29 is 8.42 Å². The zero-order chi connectivity index (χ0) is 19.2. The Morgan fingerprint density at radius 2 is 1.26 bits per heavy atom. The molecule has 0 aliphatic rings. The van der Waals surface area contributed by atoms with Gasteiger partial charge in [0.25, 0.3) is 10.0 Å². The molecule has 3 nitrogen and oxygen atoms in total. The molecule has 4 rings (SSSR count). The predicted molar refractivity (Wildman–Crippen MR) is 114 cm³/mol. The lowest BCUT2D eigenvalue weighted by Gasteiger charge is -2.15. The maximum atomic E-state index is 13.1. The van der Waals surface area contributed by atoms with E-state index in [0.29, 0.717) is 5.69 Å². The smallest absolute Gasteiger partial charge is 0.263 e. The Hall–Kier alpha value is -1.98. The first-order valence-corrected chi connectivity index (χ1v) is 10.6. The van der Waals surface area contributed by atoms with Crippen molar-refractivity contribution in [1.29, 1.82) is 0 Å². The van der Waals surface area contributed by atoms with Gasteiger partial charge in [-0.1, -0.05) is 83.3 Å². The monoisotopic (exact) mass is 435 g/mol. The number of rotatable bonds is 3. The molecule has 0 amide bonds. The highest BCUT2D eigenvalue weighted by Crippen LogP contribution is 2.38. The van der Waals surface area contributed by atoms with Gasteiger partial charge in [0.15, 0.2) is 0 Å². The van der Waals surface area contributed by atoms with Gasteiger partial charge in [0.1, 0.15) is 4.90 Å². The highest BCUT2D eigenvalue weighted by atomic mass is 35.5. The summed E-state index contributed by atoms with van der Waals surface area (Å²) in [5.74, 6) is 0. The van der Waals surface area contributed by atoms with Crippen molar-refractivity contribution >= 4 is 72.1 Å². The summed E-state index contributed by atoms with van der Waals surface area (Å²) < 4.78 is 28.8. The first-order chi connectivity index (χ1) is 12.9. The molecule has 0 aromatic heterocycles. The SMILES string of the molecule is O=S(=O)(Nc1c2ccccc2cc2ccccc12)c1ccc(Cl)c(Cl)c1Cl. The van der Waals surface area contributed by atoms with Gasteiger partial charge < -0.3 is 0 Å². The second kappa shape index (κ2) is 6.88. The van der Waals surface area contributed by atoms with Crippen LogP contribution in [0.5, 0.6) is 0 Å². The maximum Gasteiger partial charge on any atom is 0.263 e. The summed E-state index contributed by atoms with van der Waals surface area (Å²) in [6.45, 7) is 0. The van der Waals surface area contributed by atoms with E-state index in [-0.39, 0.29) is 20.0 Å². The van der Waals surface area contributed by atoms with E-state index in [9.17, 15) is 8.42 Å². The molecule has 136 valence electrons. The molecular weight excluding hydrogens is 425 g/mol. The average Bonchev–Trinajstić information content (AvgIpc) is 2.65. The highest BCUT2D eigenvalue weighted by Gasteiger charge is 2.23. The van der Waals surface area contributed by atoms with Crippen LogP contribution in [0.15, 0.2) is 71.6 Å². The maximum absolute atomic E-state index is 13.1. The quantitative estimate of drug-likeness (QED) is 0.285. The fourth-order valence-corrected chi connectivity index (χ4v) is 5.11. The van der Waals surface area contributed by atoms with Crippen molar-refractivity contribution in [3.8, 4) is 0 Å². The van der Waals surface area contributed by atoms with Crippen molar-refractivity contribution in [3.05, 3.63) is 81.8 Å². The molecule has 1 N–H and O–H groups in total. The van der Waals surface area contributed by atoms with E-state index >= 15 is 0 Å². The summed E-state index contributed by atoms with van der Waals surface area (Å²) in [4.78, 5) is -0.129. The Bertz CT molecular complexity index is 1250. The predicted octanol–water partition coefficient (Wildman–Crippen LogP) is 6.75. The van der Waals surface area contributed by atoms with Gasteiger partial charge in [-0.3, -0.25) is 4.72 Å². The van der Waals surface area contributed by atoms with Gasteiger partial charge in [0, 0.05) is 10.8 Å². The summed E-state index contributed by atoms with van der Waals surface area (Å²) in [6.07, 6.45) is 0. The molecule has 0 saturated heterocycles. The minimum absolute atomic E-state index is 0.00369. The van der Waals surface area contributed by atoms with Gasteiger partial charge in [-0.25, -0.2) is 8.42 Å². The molecule has 27 heavy (non-hydrogen) atoms. The Labute approximate surface area is 171 Å². The standard InChI is InChI=1S/C20H12Cl3NO2S/c21-16-9-10-17(19(23)18(16)22)27(25,26)24-20-14-7-3-1-5-12(14)11-13-6-2-4-8-15(13)20/h1-11,24H.